The summed E-state index contributed by atoms with van der Waals surface area (Å²) in [5.74, 6) is 0. The lowest BCUT2D eigenvalue weighted by atomic mass is 10.0. The van der Waals surface area contributed by atoms with Crippen molar-refractivity contribution in [3.63, 3.8) is 0 Å². The van der Waals surface area contributed by atoms with Crippen molar-refractivity contribution in [2.45, 2.75) is 25.4 Å². The van der Waals surface area contributed by atoms with Crippen LogP contribution >= 0.6 is 0 Å². The number of fused-ring (bicyclic) bond motifs is 1. The van der Waals surface area contributed by atoms with Crippen LogP contribution in [0.25, 0.3) is 0 Å². The highest BCUT2D eigenvalue weighted by atomic mass is 16.5. The average molecular weight is 279 g/mol. The third-order valence-corrected chi connectivity index (χ3v) is 3.68. The molecule has 1 aromatic carbocycles. The number of benzene rings is 1. The van der Waals surface area contributed by atoms with Gasteiger partial charge in [0.15, 0.2) is 0 Å². The normalized spacial score (nSPS) is 18.7. The Bertz CT molecular complexity index is 397. The second kappa shape index (κ2) is 8.25. The number of rotatable bonds is 7. The Morgan fingerprint density at radius 2 is 2.10 bits per heavy atom. The van der Waals surface area contributed by atoms with E-state index in [0.717, 1.165) is 56.8 Å². The molecule has 1 atom stereocenters. The molecule has 1 aliphatic rings. The smallest absolute Gasteiger partial charge is 0.0810 e. The van der Waals surface area contributed by atoms with Crippen LogP contribution in [0.2, 0.25) is 0 Å². The van der Waals surface area contributed by atoms with E-state index in [1.807, 2.05) is 18.2 Å². The number of anilines is 1. The molecule has 0 aromatic heterocycles. The molecule has 0 fully saturated rings. The first-order valence-electron chi connectivity index (χ1n) is 7.41. The predicted molar refractivity (Wildman–Crippen MR) is 80.2 cm³/mol. The van der Waals surface area contributed by atoms with Gasteiger partial charge in [0.25, 0.3) is 0 Å². The van der Waals surface area contributed by atoms with Crippen molar-refractivity contribution >= 4 is 5.69 Å². The third-order valence-electron chi connectivity index (χ3n) is 3.68. The minimum atomic E-state index is -0.334. The summed E-state index contributed by atoms with van der Waals surface area (Å²) in [4.78, 5) is 2.32. The van der Waals surface area contributed by atoms with E-state index in [1.54, 1.807) is 7.11 Å². The molecule has 1 N–H and O–H groups in total. The molecule has 1 aromatic rings. The summed E-state index contributed by atoms with van der Waals surface area (Å²) in [6, 6.07) is 8.14. The quantitative estimate of drug-likeness (QED) is 0.778. The molecule has 20 heavy (non-hydrogen) atoms. The maximum absolute atomic E-state index is 10.2. The van der Waals surface area contributed by atoms with Gasteiger partial charge in [-0.05, 0) is 25.3 Å². The number of nitrogens with zero attached hydrogens (tertiary/aromatic N) is 1. The Morgan fingerprint density at radius 1 is 1.25 bits per heavy atom. The highest BCUT2D eigenvalue weighted by molar-refractivity contribution is 5.55. The maximum atomic E-state index is 10.2. The van der Waals surface area contributed by atoms with Gasteiger partial charge >= 0.3 is 0 Å². The van der Waals surface area contributed by atoms with Gasteiger partial charge in [0.1, 0.15) is 0 Å². The first-order valence-corrected chi connectivity index (χ1v) is 7.41. The molecule has 4 heteroatoms. The van der Waals surface area contributed by atoms with Crippen molar-refractivity contribution in [3.05, 3.63) is 29.8 Å². The van der Waals surface area contributed by atoms with Crippen molar-refractivity contribution in [2.24, 2.45) is 0 Å². The van der Waals surface area contributed by atoms with Crippen LogP contribution in [0.1, 0.15) is 30.9 Å². The number of hydrogen-bond acceptors (Lipinski definition) is 4. The largest absolute Gasteiger partial charge is 0.388 e. The van der Waals surface area contributed by atoms with Crippen molar-refractivity contribution in [3.8, 4) is 0 Å². The summed E-state index contributed by atoms with van der Waals surface area (Å²) in [7, 11) is 1.71. The van der Waals surface area contributed by atoms with Crippen LogP contribution in [0.4, 0.5) is 5.69 Å². The number of aliphatic hydroxyl groups excluding tert-OH is 1. The summed E-state index contributed by atoms with van der Waals surface area (Å²) in [5.41, 5.74) is 2.20. The minimum absolute atomic E-state index is 0.334. The molecule has 0 saturated carbocycles. The lowest BCUT2D eigenvalue weighted by molar-refractivity contribution is 0.107. The topological polar surface area (TPSA) is 41.9 Å². The lowest BCUT2D eigenvalue weighted by Crippen LogP contribution is -2.28. The Balaban J connectivity index is 1.86. The Morgan fingerprint density at radius 3 is 2.95 bits per heavy atom. The zero-order valence-corrected chi connectivity index (χ0v) is 12.3. The monoisotopic (exact) mass is 279 g/mol. The first kappa shape index (κ1) is 15.3. The molecule has 0 spiro atoms. The first-order chi connectivity index (χ1) is 9.83. The van der Waals surface area contributed by atoms with E-state index in [2.05, 4.69) is 11.0 Å². The van der Waals surface area contributed by atoms with Crippen LogP contribution in [-0.4, -0.2) is 45.1 Å². The number of para-hydroxylation sites is 1. The van der Waals surface area contributed by atoms with E-state index >= 15 is 0 Å². The predicted octanol–water partition coefficient (Wildman–Crippen LogP) is 2.37. The summed E-state index contributed by atoms with van der Waals surface area (Å²) < 4.78 is 10.6. The van der Waals surface area contributed by atoms with Gasteiger partial charge in [-0.2, -0.15) is 0 Å². The molecule has 0 bridgehead atoms. The van der Waals surface area contributed by atoms with E-state index < -0.39 is 0 Å². The van der Waals surface area contributed by atoms with E-state index in [0.29, 0.717) is 6.61 Å². The molecule has 0 radical (unpaired) electrons. The van der Waals surface area contributed by atoms with Crippen molar-refractivity contribution in [1.82, 2.24) is 0 Å². The van der Waals surface area contributed by atoms with Crippen molar-refractivity contribution in [2.75, 3.05) is 44.9 Å². The molecular formula is C16H25NO3. The van der Waals surface area contributed by atoms with Gasteiger partial charge in [0.2, 0.25) is 0 Å². The van der Waals surface area contributed by atoms with E-state index in [9.17, 15) is 5.11 Å². The van der Waals surface area contributed by atoms with Gasteiger partial charge in [0.05, 0.1) is 12.7 Å². The van der Waals surface area contributed by atoms with Gasteiger partial charge in [-0.1, -0.05) is 18.2 Å². The van der Waals surface area contributed by atoms with Crippen molar-refractivity contribution in [1.29, 1.82) is 0 Å². The van der Waals surface area contributed by atoms with Gasteiger partial charge in [-0.25, -0.2) is 0 Å². The molecule has 4 nitrogen and oxygen atoms in total. The fraction of sp³-hybridized carbons (Fsp3) is 0.625. The van der Waals surface area contributed by atoms with Crippen LogP contribution in [0.3, 0.4) is 0 Å². The summed E-state index contributed by atoms with van der Waals surface area (Å²) in [6.45, 7) is 4.06. The molecule has 1 heterocycles. The highest BCUT2D eigenvalue weighted by Crippen LogP contribution is 2.32. The molecule has 112 valence electrons. The molecule has 2 rings (SSSR count). The Kier molecular flexibility index (Phi) is 6.30. The third kappa shape index (κ3) is 4.20. The number of methoxy groups -OCH3 is 1. The van der Waals surface area contributed by atoms with Crippen LogP contribution in [0.5, 0.6) is 0 Å². The summed E-state index contributed by atoms with van der Waals surface area (Å²) in [6.07, 6.45) is 2.45. The number of hydrogen-bond donors (Lipinski definition) is 1. The van der Waals surface area contributed by atoms with Crippen molar-refractivity contribution < 1.29 is 14.6 Å². The van der Waals surface area contributed by atoms with E-state index in [1.165, 1.54) is 0 Å². The van der Waals surface area contributed by atoms with Gasteiger partial charge in [-0.15, -0.1) is 0 Å². The van der Waals surface area contributed by atoms with Crippen LogP contribution in [0, 0.1) is 0 Å². The molecule has 0 aliphatic carbocycles. The Labute approximate surface area is 121 Å². The molecule has 1 unspecified atom stereocenters. The number of ether oxygens (including phenoxy) is 2. The maximum Gasteiger partial charge on any atom is 0.0810 e. The second-order valence-corrected chi connectivity index (χ2v) is 5.16. The van der Waals surface area contributed by atoms with Crippen LogP contribution in [-0.2, 0) is 9.47 Å². The fourth-order valence-electron chi connectivity index (χ4n) is 2.62. The fourth-order valence-corrected chi connectivity index (χ4v) is 2.62. The van der Waals surface area contributed by atoms with Gasteiger partial charge < -0.3 is 19.5 Å². The van der Waals surface area contributed by atoms with Crippen LogP contribution < -0.4 is 4.90 Å². The SMILES string of the molecule is COCCCOCCN1CCCC(O)c2ccccc21. The molecular weight excluding hydrogens is 254 g/mol. The van der Waals surface area contributed by atoms with E-state index in [4.69, 9.17) is 9.47 Å². The molecule has 0 saturated heterocycles. The number of aliphatic hydroxyl groups is 1. The minimum Gasteiger partial charge on any atom is -0.388 e. The highest BCUT2D eigenvalue weighted by Gasteiger charge is 2.20. The zero-order chi connectivity index (χ0) is 14.2. The van der Waals surface area contributed by atoms with Gasteiger partial charge in [-0.3, -0.25) is 0 Å². The van der Waals surface area contributed by atoms with Gasteiger partial charge in [0, 0.05) is 44.7 Å². The summed E-state index contributed by atoms with van der Waals surface area (Å²) in [5, 5.41) is 10.2. The van der Waals surface area contributed by atoms with Crippen LogP contribution in [0.15, 0.2) is 24.3 Å². The summed E-state index contributed by atoms with van der Waals surface area (Å²) >= 11 is 0. The molecule has 0 amide bonds. The Hall–Kier alpha value is -1.10. The average Bonchev–Trinajstić information content (AvgIpc) is 2.63. The second-order valence-electron chi connectivity index (χ2n) is 5.16. The van der Waals surface area contributed by atoms with E-state index in [-0.39, 0.29) is 6.10 Å². The molecule has 1 aliphatic heterocycles. The zero-order valence-electron chi connectivity index (χ0n) is 12.3. The standard InChI is InChI=1S/C16H25NO3/c1-19-11-5-12-20-13-10-17-9-4-8-16(18)14-6-2-3-7-15(14)17/h2-3,6-7,16,18H,4-5,8-13H2,1H3. The lowest BCUT2D eigenvalue weighted by Gasteiger charge is -2.25.